The van der Waals surface area contributed by atoms with Crippen LogP contribution in [0.3, 0.4) is 0 Å². The Bertz CT molecular complexity index is 541. The SMILES string of the molecule is Cc1nccc(I)c1-c1c(Cl)cc(Cl)cc1Cl. The van der Waals surface area contributed by atoms with Crippen molar-refractivity contribution in [1.29, 1.82) is 0 Å². The van der Waals surface area contributed by atoms with E-state index in [1.165, 1.54) is 0 Å². The van der Waals surface area contributed by atoms with Gasteiger partial charge in [-0.1, -0.05) is 34.8 Å². The number of halogens is 4. The number of nitrogens with zero attached hydrogens (tertiary/aromatic N) is 1. The molecule has 0 spiro atoms. The van der Waals surface area contributed by atoms with Gasteiger partial charge in [0, 0.05) is 31.6 Å². The van der Waals surface area contributed by atoms with E-state index >= 15 is 0 Å². The smallest absolute Gasteiger partial charge is 0.0515 e. The molecular formula is C12H7Cl3IN. The van der Waals surface area contributed by atoms with Gasteiger partial charge in [0.15, 0.2) is 0 Å². The largest absolute Gasteiger partial charge is 0.261 e. The van der Waals surface area contributed by atoms with Crippen molar-refractivity contribution in [3.05, 3.63) is 48.7 Å². The first kappa shape index (κ1) is 13.4. The van der Waals surface area contributed by atoms with Crippen molar-refractivity contribution in [2.45, 2.75) is 6.92 Å². The summed E-state index contributed by atoms with van der Waals surface area (Å²) in [6, 6.07) is 5.30. The fourth-order valence-electron chi connectivity index (χ4n) is 1.62. The second-order valence-electron chi connectivity index (χ2n) is 3.50. The highest BCUT2D eigenvalue weighted by atomic mass is 127. The number of rotatable bonds is 1. The Morgan fingerprint density at radius 1 is 1.06 bits per heavy atom. The van der Waals surface area contributed by atoms with E-state index < -0.39 is 0 Å². The molecule has 0 aliphatic heterocycles. The van der Waals surface area contributed by atoms with Crippen molar-refractivity contribution in [1.82, 2.24) is 4.98 Å². The standard InChI is InChI=1S/C12H7Cl3IN/c1-6-11(10(16)2-3-17-6)12-8(14)4-7(13)5-9(12)15/h2-5H,1H3. The maximum Gasteiger partial charge on any atom is 0.0515 e. The van der Waals surface area contributed by atoms with Crippen LogP contribution < -0.4 is 0 Å². The maximum absolute atomic E-state index is 6.21. The molecule has 0 aliphatic carbocycles. The third-order valence-electron chi connectivity index (χ3n) is 2.35. The van der Waals surface area contributed by atoms with Crippen LogP contribution in [-0.2, 0) is 0 Å². The average Bonchev–Trinajstić information content (AvgIpc) is 2.21. The Labute approximate surface area is 128 Å². The number of aromatic nitrogens is 1. The summed E-state index contributed by atoms with van der Waals surface area (Å²) in [7, 11) is 0. The maximum atomic E-state index is 6.21. The molecule has 88 valence electrons. The molecule has 1 aromatic carbocycles. The van der Waals surface area contributed by atoms with Gasteiger partial charge in [-0.3, -0.25) is 4.98 Å². The third kappa shape index (κ3) is 2.70. The minimum atomic E-state index is 0.528. The van der Waals surface area contributed by atoms with Crippen molar-refractivity contribution in [2.24, 2.45) is 0 Å². The Morgan fingerprint density at radius 3 is 2.18 bits per heavy atom. The molecule has 2 aromatic rings. The molecule has 0 radical (unpaired) electrons. The van der Waals surface area contributed by atoms with Crippen LogP contribution in [0.15, 0.2) is 24.4 Å². The van der Waals surface area contributed by atoms with Gasteiger partial charge in [-0.05, 0) is 47.7 Å². The molecule has 0 bridgehead atoms. The van der Waals surface area contributed by atoms with Crippen LogP contribution in [0.2, 0.25) is 15.1 Å². The molecule has 0 amide bonds. The number of hydrogen-bond donors (Lipinski definition) is 0. The Hall–Kier alpha value is -0.0300. The summed E-state index contributed by atoms with van der Waals surface area (Å²) in [5.74, 6) is 0. The molecule has 0 fully saturated rings. The fourth-order valence-corrected chi connectivity index (χ4v) is 3.44. The van der Waals surface area contributed by atoms with Gasteiger partial charge >= 0.3 is 0 Å². The highest BCUT2D eigenvalue weighted by Crippen LogP contribution is 2.40. The number of pyridine rings is 1. The van der Waals surface area contributed by atoms with Crippen LogP contribution in [0.5, 0.6) is 0 Å². The summed E-state index contributed by atoms with van der Waals surface area (Å²) in [6.07, 6.45) is 1.76. The van der Waals surface area contributed by atoms with E-state index in [9.17, 15) is 0 Å². The zero-order valence-electron chi connectivity index (χ0n) is 8.77. The molecule has 0 unspecified atom stereocenters. The van der Waals surface area contributed by atoms with E-state index in [1.807, 2.05) is 13.0 Å². The molecular weight excluding hydrogens is 391 g/mol. The summed E-state index contributed by atoms with van der Waals surface area (Å²) >= 11 is 20.6. The molecule has 1 aromatic heterocycles. The second-order valence-corrected chi connectivity index (χ2v) is 5.91. The predicted octanol–water partition coefficient (Wildman–Crippen LogP) is 5.62. The Morgan fingerprint density at radius 2 is 1.65 bits per heavy atom. The first-order valence-corrected chi connectivity index (χ1v) is 6.98. The van der Waals surface area contributed by atoms with Gasteiger partial charge in [0.05, 0.1) is 10.0 Å². The van der Waals surface area contributed by atoms with Gasteiger partial charge in [0.25, 0.3) is 0 Å². The lowest BCUT2D eigenvalue weighted by Crippen LogP contribution is -1.93. The number of aryl methyl sites for hydroxylation is 1. The van der Waals surface area contributed by atoms with Crippen LogP contribution in [0, 0.1) is 10.5 Å². The third-order valence-corrected chi connectivity index (χ3v) is 4.06. The molecule has 5 heteroatoms. The highest BCUT2D eigenvalue weighted by molar-refractivity contribution is 14.1. The van der Waals surface area contributed by atoms with Crippen molar-refractivity contribution in [2.75, 3.05) is 0 Å². The summed E-state index contributed by atoms with van der Waals surface area (Å²) in [5.41, 5.74) is 2.63. The van der Waals surface area contributed by atoms with Crippen LogP contribution >= 0.6 is 57.4 Å². The van der Waals surface area contributed by atoms with E-state index in [2.05, 4.69) is 27.6 Å². The molecule has 1 heterocycles. The predicted molar refractivity (Wildman–Crippen MR) is 82.2 cm³/mol. The second kappa shape index (κ2) is 5.31. The molecule has 0 N–H and O–H groups in total. The van der Waals surface area contributed by atoms with Gasteiger partial charge in [-0.2, -0.15) is 0 Å². The fraction of sp³-hybridized carbons (Fsp3) is 0.0833. The zero-order chi connectivity index (χ0) is 12.6. The lowest BCUT2D eigenvalue weighted by Gasteiger charge is -2.12. The molecule has 0 aliphatic rings. The van der Waals surface area contributed by atoms with Crippen LogP contribution in [0.25, 0.3) is 11.1 Å². The van der Waals surface area contributed by atoms with Crippen LogP contribution in [0.4, 0.5) is 0 Å². The quantitative estimate of drug-likeness (QED) is 0.568. The van der Waals surface area contributed by atoms with E-state index in [4.69, 9.17) is 34.8 Å². The normalized spacial score (nSPS) is 10.6. The van der Waals surface area contributed by atoms with E-state index in [-0.39, 0.29) is 0 Å². The number of hydrogen-bond acceptors (Lipinski definition) is 1. The van der Waals surface area contributed by atoms with E-state index in [0.29, 0.717) is 15.1 Å². The summed E-state index contributed by atoms with van der Waals surface area (Å²) in [6.45, 7) is 1.93. The molecule has 0 saturated heterocycles. The number of benzene rings is 1. The van der Waals surface area contributed by atoms with Crippen molar-refractivity contribution in [3.8, 4) is 11.1 Å². The summed E-state index contributed by atoms with van der Waals surface area (Å²) < 4.78 is 1.06. The van der Waals surface area contributed by atoms with Crippen LogP contribution in [0.1, 0.15) is 5.69 Å². The van der Waals surface area contributed by atoms with Gasteiger partial charge in [0.1, 0.15) is 0 Å². The van der Waals surface area contributed by atoms with E-state index in [0.717, 1.165) is 20.4 Å². The van der Waals surface area contributed by atoms with Gasteiger partial charge in [0.2, 0.25) is 0 Å². The first-order valence-electron chi connectivity index (χ1n) is 4.76. The first-order chi connectivity index (χ1) is 8.00. The summed E-state index contributed by atoms with van der Waals surface area (Å²) in [5, 5.41) is 1.60. The molecule has 17 heavy (non-hydrogen) atoms. The monoisotopic (exact) mass is 397 g/mol. The minimum Gasteiger partial charge on any atom is -0.261 e. The Kier molecular flexibility index (Phi) is 4.18. The van der Waals surface area contributed by atoms with Crippen molar-refractivity contribution >= 4 is 57.4 Å². The van der Waals surface area contributed by atoms with Crippen LogP contribution in [-0.4, -0.2) is 4.98 Å². The zero-order valence-corrected chi connectivity index (χ0v) is 13.2. The van der Waals surface area contributed by atoms with Gasteiger partial charge < -0.3 is 0 Å². The van der Waals surface area contributed by atoms with Gasteiger partial charge in [-0.25, -0.2) is 0 Å². The molecule has 2 rings (SSSR count). The average molecular weight is 398 g/mol. The lowest BCUT2D eigenvalue weighted by molar-refractivity contribution is 1.19. The topological polar surface area (TPSA) is 12.9 Å². The molecule has 0 atom stereocenters. The van der Waals surface area contributed by atoms with Crippen molar-refractivity contribution in [3.63, 3.8) is 0 Å². The van der Waals surface area contributed by atoms with Crippen molar-refractivity contribution < 1.29 is 0 Å². The molecule has 0 saturated carbocycles. The van der Waals surface area contributed by atoms with E-state index in [1.54, 1.807) is 18.3 Å². The molecule has 1 nitrogen and oxygen atoms in total. The lowest BCUT2D eigenvalue weighted by atomic mass is 10.0. The highest BCUT2D eigenvalue weighted by Gasteiger charge is 2.15. The van der Waals surface area contributed by atoms with Gasteiger partial charge in [-0.15, -0.1) is 0 Å². The summed E-state index contributed by atoms with van der Waals surface area (Å²) in [4.78, 5) is 4.27. The minimum absolute atomic E-state index is 0.528. The Balaban J connectivity index is 2.77.